The number of aromatic nitrogens is 1. The number of anilines is 1. The van der Waals surface area contributed by atoms with Gasteiger partial charge >= 0.3 is 0 Å². The quantitative estimate of drug-likeness (QED) is 0.665. The highest BCUT2D eigenvalue weighted by Gasteiger charge is 2.12. The number of rotatable bonds is 1. The van der Waals surface area contributed by atoms with Crippen molar-refractivity contribution in [1.29, 1.82) is 0 Å². The maximum absolute atomic E-state index is 5.26. The minimum atomic E-state index is 0.788. The monoisotopic (exact) mass is 214 g/mol. The zero-order chi connectivity index (χ0) is 9.10. The Morgan fingerprint density at radius 2 is 2.23 bits per heavy atom. The van der Waals surface area contributed by atoms with Crippen LogP contribution in [-0.2, 0) is 4.74 Å². The molecule has 0 amide bonds. The third kappa shape index (κ3) is 2.24. The van der Waals surface area contributed by atoms with Crippen LogP contribution in [0.3, 0.4) is 0 Å². The Morgan fingerprint density at radius 1 is 1.46 bits per heavy atom. The zero-order valence-corrected chi connectivity index (χ0v) is 8.74. The van der Waals surface area contributed by atoms with E-state index in [9.17, 15) is 0 Å². The second kappa shape index (κ2) is 4.13. The van der Waals surface area contributed by atoms with Crippen molar-refractivity contribution in [3.05, 3.63) is 16.1 Å². The standard InChI is InChI=1S/C8H10N2OS2/c12-7-1-2-9-8(13-7)10-3-5-11-6-4-10/h1-2H,3-6H2. The van der Waals surface area contributed by atoms with E-state index < -0.39 is 0 Å². The van der Waals surface area contributed by atoms with Crippen molar-refractivity contribution in [3.63, 3.8) is 0 Å². The fourth-order valence-corrected chi connectivity index (χ4v) is 2.23. The summed E-state index contributed by atoms with van der Waals surface area (Å²) in [5, 5.41) is 1.01. The summed E-state index contributed by atoms with van der Waals surface area (Å²) in [5.74, 6) is 0. The van der Waals surface area contributed by atoms with Crippen LogP contribution in [0.1, 0.15) is 0 Å². The van der Waals surface area contributed by atoms with E-state index in [0.29, 0.717) is 0 Å². The lowest BCUT2D eigenvalue weighted by Crippen LogP contribution is -2.36. The largest absolute Gasteiger partial charge is 0.378 e. The molecule has 1 aliphatic rings. The lowest BCUT2D eigenvalue weighted by molar-refractivity contribution is 0.122. The van der Waals surface area contributed by atoms with E-state index in [1.54, 1.807) is 17.5 Å². The molecule has 0 saturated carbocycles. The molecule has 1 aromatic heterocycles. The van der Waals surface area contributed by atoms with Crippen LogP contribution in [0.2, 0.25) is 0 Å². The molecule has 0 aliphatic carbocycles. The van der Waals surface area contributed by atoms with Crippen molar-refractivity contribution in [3.8, 4) is 0 Å². The van der Waals surface area contributed by atoms with Gasteiger partial charge in [0.15, 0.2) is 5.13 Å². The Hall–Kier alpha value is -0.520. The van der Waals surface area contributed by atoms with Crippen molar-refractivity contribution in [2.45, 2.75) is 0 Å². The van der Waals surface area contributed by atoms with Crippen molar-refractivity contribution < 1.29 is 4.74 Å². The van der Waals surface area contributed by atoms with Gasteiger partial charge in [-0.1, -0.05) is 23.6 Å². The third-order valence-corrected chi connectivity index (χ3v) is 3.14. The molecule has 2 heterocycles. The molecule has 2 rings (SSSR count). The summed E-state index contributed by atoms with van der Waals surface area (Å²) in [6, 6.07) is 1.85. The topological polar surface area (TPSA) is 25.4 Å². The predicted octanol–water partition coefficient (Wildman–Crippen LogP) is 1.71. The smallest absolute Gasteiger partial charge is 0.186 e. The van der Waals surface area contributed by atoms with E-state index in [1.165, 1.54) is 0 Å². The maximum Gasteiger partial charge on any atom is 0.186 e. The Morgan fingerprint density at radius 3 is 2.92 bits per heavy atom. The molecule has 1 aromatic rings. The molecular formula is C8H10N2OS2. The van der Waals surface area contributed by atoms with Gasteiger partial charge in [-0.3, -0.25) is 0 Å². The first-order chi connectivity index (χ1) is 6.36. The highest BCUT2D eigenvalue weighted by Crippen LogP contribution is 2.18. The summed E-state index contributed by atoms with van der Waals surface area (Å²) in [5.41, 5.74) is 0. The molecule has 0 bridgehead atoms. The van der Waals surface area contributed by atoms with E-state index in [-0.39, 0.29) is 0 Å². The minimum absolute atomic E-state index is 0.788. The summed E-state index contributed by atoms with van der Waals surface area (Å²) >= 11 is 6.65. The second-order valence-electron chi connectivity index (χ2n) is 2.75. The van der Waals surface area contributed by atoms with Gasteiger partial charge in [-0.2, -0.15) is 0 Å². The van der Waals surface area contributed by atoms with E-state index >= 15 is 0 Å². The van der Waals surface area contributed by atoms with Crippen molar-refractivity contribution in [1.82, 2.24) is 4.98 Å². The Kier molecular flexibility index (Phi) is 2.87. The molecule has 0 atom stereocenters. The molecular weight excluding hydrogens is 204 g/mol. The number of ether oxygens (including phenoxy) is 1. The van der Waals surface area contributed by atoms with E-state index in [1.807, 2.05) is 6.07 Å². The molecule has 1 aliphatic heterocycles. The molecule has 1 fully saturated rings. The first-order valence-corrected chi connectivity index (χ1v) is 5.37. The third-order valence-electron chi connectivity index (χ3n) is 1.87. The molecule has 13 heavy (non-hydrogen) atoms. The molecule has 0 unspecified atom stereocenters. The Bertz CT molecular complexity index is 333. The van der Waals surface area contributed by atoms with Gasteiger partial charge in [0.05, 0.1) is 17.0 Å². The fourth-order valence-electron chi connectivity index (χ4n) is 1.21. The highest BCUT2D eigenvalue weighted by atomic mass is 32.1. The number of hydrogen-bond acceptors (Lipinski definition) is 5. The molecule has 0 N–H and O–H groups in total. The Labute approximate surface area is 86.0 Å². The van der Waals surface area contributed by atoms with Gasteiger partial charge in [-0.05, 0) is 6.07 Å². The predicted molar refractivity (Wildman–Crippen MR) is 56.0 cm³/mol. The molecule has 0 aromatic carbocycles. The summed E-state index contributed by atoms with van der Waals surface area (Å²) in [6.07, 6.45) is 1.77. The van der Waals surface area contributed by atoms with E-state index in [0.717, 1.165) is 35.3 Å². The van der Waals surface area contributed by atoms with Gasteiger partial charge in [0.2, 0.25) is 0 Å². The van der Waals surface area contributed by atoms with E-state index in [2.05, 4.69) is 9.88 Å². The number of hydrogen-bond donors (Lipinski definition) is 0. The Balaban J connectivity index is 2.19. The first-order valence-electron chi connectivity index (χ1n) is 4.15. The lowest BCUT2D eigenvalue weighted by atomic mass is 10.5. The van der Waals surface area contributed by atoms with Crippen LogP contribution in [0.15, 0.2) is 12.3 Å². The van der Waals surface area contributed by atoms with Gasteiger partial charge in [-0.15, -0.1) is 0 Å². The normalized spacial score (nSPS) is 17.4. The molecule has 5 heteroatoms. The second-order valence-corrected chi connectivity index (χ2v) is 4.46. The van der Waals surface area contributed by atoms with Crippen LogP contribution in [-0.4, -0.2) is 31.3 Å². The first kappa shape index (κ1) is 9.05. The fraction of sp³-hybridized carbons (Fsp3) is 0.500. The summed E-state index contributed by atoms with van der Waals surface area (Å²) in [6.45, 7) is 3.41. The molecule has 3 nitrogen and oxygen atoms in total. The van der Waals surface area contributed by atoms with Crippen LogP contribution in [0, 0.1) is 3.82 Å². The molecule has 1 saturated heterocycles. The van der Waals surface area contributed by atoms with Gasteiger partial charge in [-0.25, -0.2) is 4.98 Å². The van der Waals surface area contributed by atoms with Gasteiger partial charge in [0.1, 0.15) is 0 Å². The minimum Gasteiger partial charge on any atom is -0.378 e. The highest BCUT2D eigenvalue weighted by molar-refractivity contribution is 7.73. The SMILES string of the molecule is S=c1ccnc(N2CCOCC2)s1. The number of morpholine rings is 1. The number of nitrogens with zero attached hydrogens (tertiary/aromatic N) is 2. The van der Waals surface area contributed by atoms with Gasteiger partial charge < -0.3 is 9.64 Å². The molecule has 0 spiro atoms. The van der Waals surface area contributed by atoms with Gasteiger partial charge in [0, 0.05) is 19.3 Å². The van der Waals surface area contributed by atoms with E-state index in [4.69, 9.17) is 17.0 Å². The maximum atomic E-state index is 5.26. The van der Waals surface area contributed by atoms with Crippen molar-refractivity contribution in [2.75, 3.05) is 31.2 Å². The summed E-state index contributed by atoms with van der Waals surface area (Å²) in [4.78, 5) is 6.50. The van der Waals surface area contributed by atoms with Crippen LogP contribution >= 0.6 is 23.6 Å². The van der Waals surface area contributed by atoms with Gasteiger partial charge in [0.25, 0.3) is 0 Å². The van der Waals surface area contributed by atoms with Crippen LogP contribution in [0.5, 0.6) is 0 Å². The van der Waals surface area contributed by atoms with Crippen LogP contribution in [0.25, 0.3) is 0 Å². The van der Waals surface area contributed by atoms with Crippen LogP contribution in [0.4, 0.5) is 5.13 Å². The average Bonchev–Trinajstić information content (AvgIpc) is 2.19. The molecule has 0 radical (unpaired) electrons. The van der Waals surface area contributed by atoms with Crippen molar-refractivity contribution in [2.24, 2.45) is 0 Å². The average molecular weight is 214 g/mol. The summed E-state index contributed by atoms with van der Waals surface area (Å²) in [7, 11) is 0. The van der Waals surface area contributed by atoms with Crippen molar-refractivity contribution >= 4 is 28.7 Å². The lowest BCUT2D eigenvalue weighted by Gasteiger charge is -2.26. The van der Waals surface area contributed by atoms with Crippen LogP contribution < -0.4 is 4.90 Å². The summed E-state index contributed by atoms with van der Waals surface area (Å²) < 4.78 is 6.15. The zero-order valence-electron chi connectivity index (χ0n) is 7.10. The molecule has 70 valence electrons.